The summed E-state index contributed by atoms with van der Waals surface area (Å²) in [6.45, 7) is 6.07. The Morgan fingerprint density at radius 1 is 1.10 bits per heavy atom. The summed E-state index contributed by atoms with van der Waals surface area (Å²) in [4.78, 5) is 23.6. The lowest BCUT2D eigenvalue weighted by Gasteiger charge is -2.24. The zero-order valence-electron chi connectivity index (χ0n) is 18.8. The van der Waals surface area contributed by atoms with E-state index < -0.39 is 0 Å². The Morgan fingerprint density at radius 3 is 2.55 bits per heavy atom. The predicted molar refractivity (Wildman–Crippen MR) is 129 cm³/mol. The van der Waals surface area contributed by atoms with Crippen LogP contribution in [0.15, 0.2) is 42.5 Å². The van der Waals surface area contributed by atoms with Crippen LogP contribution in [0.3, 0.4) is 0 Å². The number of carbonyl (C=O) groups is 1. The minimum Gasteiger partial charge on any atom is -0.370 e. The van der Waals surface area contributed by atoms with Crippen LogP contribution < -0.4 is 10.2 Å². The molecule has 0 bridgehead atoms. The first kappa shape index (κ1) is 21.4. The van der Waals surface area contributed by atoms with Gasteiger partial charge in [-0.15, -0.1) is 0 Å². The van der Waals surface area contributed by atoms with E-state index in [1.54, 1.807) is 0 Å². The first-order chi connectivity index (χ1) is 15.2. The van der Waals surface area contributed by atoms with E-state index in [0.29, 0.717) is 12.3 Å². The molecule has 1 aliphatic rings. The van der Waals surface area contributed by atoms with Crippen LogP contribution in [0, 0.1) is 0 Å². The Kier molecular flexibility index (Phi) is 6.90. The van der Waals surface area contributed by atoms with Crippen molar-refractivity contribution in [3.05, 3.63) is 53.9 Å². The van der Waals surface area contributed by atoms with Crippen LogP contribution in [0.5, 0.6) is 0 Å². The number of nitrogens with zero attached hydrogens (tertiary/aromatic N) is 2. The van der Waals surface area contributed by atoms with Gasteiger partial charge in [0.1, 0.15) is 5.82 Å². The number of amides is 1. The number of aryl methyl sites for hydroxylation is 1. The lowest BCUT2D eigenvalue weighted by molar-refractivity contribution is -0.116. The van der Waals surface area contributed by atoms with E-state index in [2.05, 4.69) is 47.2 Å². The quantitative estimate of drug-likeness (QED) is 0.470. The molecule has 1 aliphatic carbocycles. The second-order valence-electron chi connectivity index (χ2n) is 8.55. The summed E-state index contributed by atoms with van der Waals surface area (Å²) in [5, 5.41) is 3.18. The molecular formula is C26H34N4O. The van der Waals surface area contributed by atoms with Crippen molar-refractivity contribution < 1.29 is 4.79 Å². The number of nitrogens with one attached hydrogen (secondary N) is 2. The highest BCUT2D eigenvalue weighted by Gasteiger charge is 2.20. The topological polar surface area (TPSA) is 61.0 Å². The van der Waals surface area contributed by atoms with Gasteiger partial charge in [-0.05, 0) is 50.8 Å². The highest BCUT2D eigenvalue weighted by molar-refractivity contribution is 5.98. The number of fused-ring (bicyclic) bond motifs is 1. The number of H-pyrrole nitrogens is 1. The van der Waals surface area contributed by atoms with Gasteiger partial charge in [-0.3, -0.25) is 4.79 Å². The smallest absolute Gasteiger partial charge is 0.224 e. The molecule has 2 N–H and O–H groups in total. The van der Waals surface area contributed by atoms with Crippen molar-refractivity contribution in [2.24, 2.45) is 0 Å². The molecule has 0 saturated heterocycles. The number of aromatic nitrogens is 2. The van der Waals surface area contributed by atoms with Gasteiger partial charge in [-0.25, -0.2) is 4.98 Å². The molecule has 0 radical (unpaired) electrons. The van der Waals surface area contributed by atoms with Crippen molar-refractivity contribution in [2.45, 2.75) is 64.7 Å². The summed E-state index contributed by atoms with van der Waals surface area (Å²) in [6, 6.07) is 14.4. The highest BCUT2D eigenvalue weighted by atomic mass is 16.1. The number of benzene rings is 2. The molecule has 3 aromatic rings. The van der Waals surface area contributed by atoms with E-state index in [4.69, 9.17) is 4.98 Å². The van der Waals surface area contributed by atoms with Gasteiger partial charge in [-0.1, -0.05) is 49.6 Å². The largest absolute Gasteiger partial charge is 0.370 e. The maximum atomic E-state index is 12.8. The molecule has 4 rings (SSSR count). The van der Waals surface area contributed by atoms with Gasteiger partial charge in [0.25, 0.3) is 0 Å². The molecule has 1 fully saturated rings. The van der Waals surface area contributed by atoms with Crippen molar-refractivity contribution in [3.63, 3.8) is 0 Å². The van der Waals surface area contributed by atoms with Crippen LogP contribution in [-0.2, 0) is 11.2 Å². The molecule has 5 heteroatoms. The van der Waals surface area contributed by atoms with Gasteiger partial charge in [0.05, 0.1) is 22.4 Å². The van der Waals surface area contributed by atoms with E-state index in [9.17, 15) is 4.79 Å². The average molecular weight is 419 g/mol. The van der Waals surface area contributed by atoms with Crippen molar-refractivity contribution in [1.29, 1.82) is 0 Å². The lowest BCUT2D eigenvalue weighted by Crippen LogP contribution is -2.24. The van der Waals surface area contributed by atoms with Crippen LogP contribution in [0.1, 0.15) is 69.7 Å². The van der Waals surface area contributed by atoms with Gasteiger partial charge in [0, 0.05) is 25.4 Å². The second kappa shape index (κ2) is 9.99. The van der Waals surface area contributed by atoms with E-state index in [0.717, 1.165) is 47.7 Å². The van der Waals surface area contributed by atoms with Crippen molar-refractivity contribution >= 4 is 28.3 Å². The van der Waals surface area contributed by atoms with Crippen molar-refractivity contribution in [2.75, 3.05) is 23.3 Å². The summed E-state index contributed by atoms with van der Waals surface area (Å²) in [7, 11) is 0. The molecule has 0 aliphatic heterocycles. The molecule has 1 saturated carbocycles. The maximum absolute atomic E-state index is 12.8. The molecule has 1 heterocycles. The molecule has 0 atom stereocenters. The van der Waals surface area contributed by atoms with Crippen LogP contribution in [0.25, 0.3) is 11.0 Å². The number of anilines is 2. The summed E-state index contributed by atoms with van der Waals surface area (Å²) in [5.41, 5.74) is 5.10. The Bertz CT molecular complexity index is 1000. The van der Waals surface area contributed by atoms with Gasteiger partial charge in [-0.2, -0.15) is 0 Å². The first-order valence-electron chi connectivity index (χ1n) is 11.8. The number of carbonyl (C=O) groups excluding carboxylic acids is 1. The predicted octanol–water partition coefficient (Wildman–Crippen LogP) is 6.03. The summed E-state index contributed by atoms with van der Waals surface area (Å²) in [5.74, 6) is 1.68. The van der Waals surface area contributed by atoms with Gasteiger partial charge in [0.15, 0.2) is 0 Å². The van der Waals surface area contributed by atoms with E-state index in [-0.39, 0.29) is 5.91 Å². The molecule has 0 spiro atoms. The Morgan fingerprint density at radius 2 is 1.84 bits per heavy atom. The highest BCUT2D eigenvalue weighted by Crippen LogP contribution is 2.35. The molecule has 0 unspecified atom stereocenters. The van der Waals surface area contributed by atoms with Crippen molar-refractivity contribution in [1.82, 2.24) is 9.97 Å². The van der Waals surface area contributed by atoms with Gasteiger partial charge >= 0.3 is 0 Å². The minimum absolute atomic E-state index is 0.0413. The van der Waals surface area contributed by atoms with Crippen LogP contribution >= 0.6 is 0 Å². The average Bonchev–Trinajstić information content (AvgIpc) is 3.23. The third-order valence-electron chi connectivity index (χ3n) is 6.47. The number of aromatic amines is 1. The van der Waals surface area contributed by atoms with Gasteiger partial charge < -0.3 is 15.2 Å². The monoisotopic (exact) mass is 418 g/mol. The fourth-order valence-corrected chi connectivity index (χ4v) is 4.68. The van der Waals surface area contributed by atoms with Crippen LogP contribution in [-0.4, -0.2) is 29.0 Å². The fourth-order valence-electron chi connectivity index (χ4n) is 4.68. The Labute approximate surface area is 185 Å². The number of imidazole rings is 1. The third-order valence-corrected chi connectivity index (χ3v) is 6.47. The van der Waals surface area contributed by atoms with Crippen LogP contribution in [0.4, 0.5) is 11.4 Å². The lowest BCUT2D eigenvalue weighted by atomic mass is 9.89. The molecule has 1 amide bonds. The maximum Gasteiger partial charge on any atom is 0.224 e. The minimum atomic E-state index is 0.0413. The van der Waals surface area contributed by atoms with Crippen molar-refractivity contribution in [3.8, 4) is 0 Å². The summed E-state index contributed by atoms with van der Waals surface area (Å²) >= 11 is 0. The Balaban J connectivity index is 1.58. The van der Waals surface area contributed by atoms with Crippen LogP contribution in [0.2, 0.25) is 0 Å². The fraction of sp³-hybridized carbons (Fsp3) is 0.462. The normalized spacial score (nSPS) is 14.6. The van der Waals surface area contributed by atoms with E-state index in [1.165, 1.54) is 37.7 Å². The van der Waals surface area contributed by atoms with E-state index >= 15 is 0 Å². The third kappa shape index (κ3) is 5.09. The molecule has 2 aromatic carbocycles. The summed E-state index contributed by atoms with van der Waals surface area (Å²) in [6.07, 6.45) is 7.54. The van der Waals surface area contributed by atoms with Gasteiger partial charge in [0.2, 0.25) is 5.91 Å². The molecule has 1 aromatic heterocycles. The number of hydrogen-bond donors (Lipinski definition) is 2. The zero-order valence-corrected chi connectivity index (χ0v) is 18.8. The molecule has 31 heavy (non-hydrogen) atoms. The second-order valence-corrected chi connectivity index (χ2v) is 8.55. The standard InChI is InChI=1S/C26H34N4O/c1-3-30(4-2)24-18-22-21(28-26(29-22)20-13-9-6-10-14-20)17-23(24)27-25(31)16-15-19-11-7-5-8-12-19/h5,7-8,11-12,17-18,20H,3-4,6,9-10,13-16H2,1-2H3,(H,27,31)(H,28,29). The SMILES string of the molecule is CCN(CC)c1cc2[nH]c(C3CCCCC3)nc2cc1NC(=O)CCc1ccccc1. The number of rotatable bonds is 8. The molecular weight excluding hydrogens is 384 g/mol. The molecule has 164 valence electrons. The number of hydrogen-bond acceptors (Lipinski definition) is 3. The van der Waals surface area contributed by atoms with E-state index in [1.807, 2.05) is 24.3 Å². The molecule has 5 nitrogen and oxygen atoms in total. The first-order valence-corrected chi connectivity index (χ1v) is 11.8. The Hall–Kier alpha value is -2.82. The zero-order chi connectivity index (χ0) is 21.6. The summed E-state index contributed by atoms with van der Waals surface area (Å²) < 4.78 is 0.